The van der Waals surface area contributed by atoms with Crippen molar-refractivity contribution in [3.63, 3.8) is 0 Å². The first-order valence-electron chi connectivity index (χ1n) is 14.1. The van der Waals surface area contributed by atoms with E-state index in [2.05, 4.69) is 39.8 Å². The molecule has 212 valence electrons. The molecule has 41 heavy (non-hydrogen) atoms. The van der Waals surface area contributed by atoms with Crippen molar-refractivity contribution in [2.45, 2.75) is 20.4 Å². The molecule has 0 atom stereocenters. The second-order valence-electron chi connectivity index (χ2n) is 10.3. The zero-order valence-corrected chi connectivity index (χ0v) is 23.7. The number of carbonyl (C=O) groups excluding carboxylic acids is 2. The third kappa shape index (κ3) is 7.18. The van der Waals surface area contributed by atoms with Gasteiger partial charge >= 0.3 is 0 Å². The van der Waals surface area contributed by atoms with E-state index in [0.717, 1.165) is 41.9 Å². The number of nitrogens with zero attached hydrogens (tertiary/aromatic N) is 5. The van der Waals surface area contributed by atoms with Crippen LogP contribution in [0.4, 0.5) is 5.82 Å². The van der Waals surface area contributed by atoms with E-state index in [1.165, 1.54) is 12.5 Å². The standard InChI is InChI=1S/C32H37N7O2/c1-24-22-28-31(34-16-15-33-25(2)40)35-30(27-13-7-4-8-14-27)36-32(28)39(24)23-29(41)38-20-18-37(19-21-38)17-9-12-26-10-5-3-6-11-26/h3-14,22H,15-21,23H2,1-2H3,(H,33,40)(H,34,35,36)/b12-9+. The van der Waals surface area contributed by atoms with E-state index in [1.54, 1.807) is 0 Å². The fourth-order valence-electron chi connectivity index (χ4n) is 5.04. The molecule has 4 aromatic rings. The van der Waals surface area contributed by atoms with Gasteiger partial charge in [-0.25, -0.2) is 9.97 Å². The van der Waals surface area contributed by atoms with Crippen LogP contribution in [0.25, 0.3) is 28.5 Å². The summed E-state index contributed by atoms with van der Waals surface area (Å²) in [5.41, 5.74) is 3.76. The van der Waals surface area contributed by atoms with Crippen LogP contribution in [0.2, 0.25) is 0 Å². The van der Waals surface area contributed by atoms with Crippen LogP contribution in [0, 0.1) is 6.92 Å². The van der Waals surface area contributed by atoms with Crippen molar-refractivity contribution in [1.29, 1.82) is 0 Å². The SMILES string of the molecule is CC(=O)NCCNc1nc(-c2ccccc2)nc2c1cc(C)n2CC(=O)N1CCN(C/C=C/c2ccccc2)CC1. The normalized spacial score (nSPS) is 14.0. The van der Waals surface area contributed by atoms with Gasteiger partial charge in [0, 0.05) is 64.0 Å². The Morgan fingerprint density at radius 2 is 1.63 bits per heavy atom. The molecule has 1 aliphatic heterocycles. The highest BCUT2D eigenvalue weighted by Gasteiger charge is 2.23. The highest BCUT2D eigenvalue weighted by atomic mass is 16.2. The summed E-state index contributed by atoms with van der Waals surface area (Å²) < 4.78 is 1.99. The first-order valence-corrected chi connectivity index (χ1v) is 14.1. The number of aromatic nitrogens is 3. The summed E-state index contributed by atoms with van der Waals surface area (Å²) in [5.74, 6) is 1.29. The quantitative estimate of drug-likeness (QED) is 0.291. The van der Waals surface area contributed by atoms with Gasteiger partial charge in [0.05, 0.1) is 5.39 Å². The smallest absolute Gasteiger partial charge is 0.242 e. The molecule has 5 rings (SSSR count). The average molecular weight is 552 g/mol. The molecule has 9 heteroatoms. The van der Waals surface area contributed by atoms with Crippen LogP contribution in [0.5, 0.6) is 0 Å². The number of amides is 2. The lowest BCUT2D eigenvalue weighted by Gasteiger charge is -2.34. The molecule has 0 aliphatic carbocycles. The fourth-order valence-corrected chi connectivity index (χ4v) is 5.04. The van der Waals surface area contributed by atoms with Crippen molar-refractivity contribution in [3.05, 3.63) is 84.1 Å². The highest BCUT2D eigenvalue weighted by Crippen LogP contribution is 2.28. The summed E-state index contributed by atoms with van der Waals surface area (Å²) in [6, 6.07) is 22.1. The molecule has 1 fully saturated rings. The second kappa shape index (κ2) is 13.2. The predicted molar refractivity (Wildman–Crippen MR) is 163 cm³/mol. The molecule has 0 radical (unpaired) electrons. The fraction of sp³-hybridized carbons (Fsp3) is 0.312. The molecule has 1 saturated heterocycles. The van der Waals surface area contributed by atoms with E-state index >= 15 is 0 Å². The Labute approximate surface area is 240 Å². The maximum atomic E-state index is 13.5. The maximum absolute atomic E-state index is 13.5. The molecule has 3 heterocycles. The first kappa shape index (κ1) is 28.0. The number of aryl methyl sites for hydroxylation is 1. The number of nitrogens with one attached hydrogen (secondary N) is 2. The summed E-state index contributed by atoms with van der Waals surface area (Å²) in [7, 11) is 0. The van der Waals surface area contributed by atoms with Crippen molar-refractivity contribution in [3.8, 4) is 11.4 Å². The van der Waals surface area contributed by atoms with Gasteiger partial charge in [-0.1, -0.05) is 72.8 Å². The van der Waals surface area contributed by atoms with Crippen molar-refractivity contribution < 1.29 is 9.59 Å². The number of hydrogen-bond donors (Lipinski definition) is 2. The van der Waals surface area contributed by atoms with Crippen molar-refractivity contribution in [2.24, 2.45) is 0 Å². The molecule has 0 bridgehead atoms. The predicted octanol–water partition coefficient (Wildman–Crippen LogP) is 3.81. The number of anilines is 1. The average Bonchev–Trinajstić information content (AvgIpc) is 3.31. The van der Waals surface area contributed by atoms with Crippen LogP contribution in [0.1, 0.15) is 18.2 Å². The van der Waals surface area contributed by atoms with Gasteiger partial charge in [-0.3, -0.25) is 14.5 Å². The minimum Gasteiger partial charge on any atom is -0.368 e. The van der Waals surface area contributed by atoms with Gasteiger partial charge in [0.15, 0.2) is 5.82 Å². The molecule has 0 saturated carbocycles. The van der Waals surface area contributed by atoms with Crippen LogP contribution in [-0.4, -0.2) is 82.0 Å². The van der Waals surface area contributed by atoms with E-state index in [1.807, 2.05) is 71.0 Å². The molecular weight excluding hydrogens is 514 g/mol. The molecule has 2 aromatic heterocycles. The van der Waals surface area contributed by atoms with Crippen molar-refractivity contribution in [2.75, 3.05) is 51.1 Å². The summed E-state index contributed by atoms with van der Waals surface area (Å²) in [5, 5.41) is 7.01. The van der Waals surface area contributed by atoms with Gasteiger partial charge in [0.1, 0.15) is 18.0 Å². The largest absolute Gasteiger partial charge is 0.368 e. The Balaban J connectivity index is 1.29. The third-order valence-corrected chi connectivity index (χ3v) is 7.28. The molecule has 2 aromatic carbocycles. The summed E-state index contributed by atoms with van der Waals surface area (Å²) in [6.45, 7) is 8.69. The van der Waals surface area contributed by atoms with Gasteiger partial charge in [-0.05, 0) is 18.6 Å². The number of fused-ring (bicyclic) bond motifs is 1. The lowest BCUT2D eigenvalue weighted by atomic mass is 10.2. The number of benzene rings is 2. The molecule has 2 amide bonds. The molecule has 0 spiro atoms. The van der Waals surface area contributed by atoms with Crippen LogP contribution in [0.15, 0.2) is 72.8 Å². The van der Waals surface area contributed by atoms with Crippen LogP contribution < -0.4 is 10.6 Å². The minimum absolute atomic E-state index is 0.0744. The minimum atomic E-state index is -0.0744. The second-order valence-corrected chi connectivity index (χ2v) is 10.3. The maximum Gasteiger partial charge on any atom is 0.242 e. The van der Waals surface area contributed by atoms with Crippen molar-refractivity contribution >= 4 is 34.7 Å². The van der Waals surface area contributed by atoms with Gasteiger partial charge < -0.3 is 20.1 Å². The zero-order chi connectivity index (χ0) is 28.6. The highest BCUT2D eigenvalue weighted by molar-refractivity contribution is 5.91. The zero-order valence-electron chi connectivity index (χ0n) is 23.7. The van der Waals surface area contributed by atoms with E-state index in [9.17, 15) is 9.59 Å². The van der Waals surface area contributed by atoms with Gasteiger partial charge in [-0.15, -0.1) is 0 Å². The first-order chi connectivity index (χ1) is 20.0. The van der Waals surface area contributed by atoms with Crippen LogP contribution >= 0.6 is 0 Å². The topological polar surface area (TPSA) is 95.4 Å². The van der Waals surface area contributed by atoms with Crippen LogP contribution in [0.3, 0.4) is 0 Å². The van der Waals surface area contributed by atoms with E-state index in [4.69, 9.17) is 9.97 Å². The molecule has 1 aliphatic rings. The Morgan fingerprint density at radius 1 is 0.927 bits per heavy atom. The number of piperazine rings is 1. The molecule has 2 N–H and O–H groups in total. The van der Waals surface area contributed by atoms with Crippen molar-refractivity contribution in [1.82, 2.24) is 29.7 Å². The third-order valence-electron chi connectivity index (χ3n) is 7.28. The van der Waals surface area contributed by atoms with E-state index < -0.39 is 0 Å². The molecule has 0 unspecified atom stereocenters. The summed E-state index contributed by atoms with van der Waals surface area (Å²) in [4.78, 5) is 38.8. The summed E-state index contributed by atoms with van der Waals surface area (Å²) >= 11 is 0. The Bertz CT molecular complexity index is 1510. The number of carbonyl (C=O) groups is 2. The lowest BCUT2D eigenvalue weighted by molar-refractivity contribution is -0.133. The molecule has 9 nitrogen and oxygen atoms in total. The van der Waals surface area contributed by atoms with Gasteiger partial charge in [0.25, 0.3) is 0 Å². The monoisotopic (exact) mass is 551 g/mol. The number of hydrogen-bond acceptors (Lipinski definition) is 6. The van der Waals surface area contributed by atoms with E-state index in [0.29, 0.717) is 37.8 Å². The van der Waals surface area contributed by atoms with Gasteiger partial charge in [0.2, 0.25) is 11.8 Å². The van der Waals surface area contributed by atoms with Crippen LogP contribution in [-0.2, 0) is 16.1 Å². The Morgan fingerprint density at radius 3 is 2.34 bits per heavy atom. The van der Waals surface area contributed by atoms with Gasteiger partial charge in [-0.2, -0.15) is 0 Å². The lowest BCUT2D eigenvalue weighted by Crippen LogP contribution is -2.49. The molecular formula is C32H37N7O2. The summed E-state index contributed by atoms with van der Waals surface area (Å²) in [6.07, 6.45) is 4.33. The Hall–Kier alpha value is -4.50. The Kier molecular flexibility index (Phi) is 9.05. The van der Waals surface area contributed by atoms with E-state index in [-0.39, 0.29) is 18.4 Å². The number of rotatable bonds is 10.